The molecular weight excluding hydrogens is 360 g/mol. The number of carbonyl (C=O) groups excluding carboxylic acids is 1. The largest absolute Gasteiger partial charge is 0.444 e. The van der Waals surface area contributed by atoms with Crippen LogP contribution in [0.1, 0.15) is 35.1 Å². The van der Waals surface area contributed by atoms with Gasteiger partial charge in [-0.05, 0) is 53.0 Å². The molecule has 23 heavy (non-hydrogen) atoms. The van der Waals surface area contributed by atoms with Crippen LogP contribution >= 0.6 is 15.9 Å². The number of aromatic amines is 1. The molecule has 1 saturated carbocycles. The van der Waals surface area contributed by atoms with Crippen molar-refractivity contribution in [2.75, 3.05) is 5.32 Å². The lowest BCUT2D eigenvalue weighted by molar-refractivity contribution is 0.0995. The first-order valence-electron chi connectivity index (χ1n) is 7.28. The third kappa shape index (κ3) is 3.05. The van der Waals surface area contributed by atoms with E-state index in [0.717, 1.165) is 11.4 Å². The van der Waals surface area contributed by atoms with E-state index in [0.29, 0.717) is 22.1 Å². The first-order chi connectivity index (χ1) is 11.2. The molecule has 0 unspecified atom stereocenters. The standard InChI is InChI=1S/C16H13BrN4O2/c17-13-7-6-12(23-13)16(22)18-11-3-1-2-10(8-11)15-19-14(20-21-15)9-4-5-9/h1-3,6-9H,4-5H2,(H,18,22)(H,19,20,21). The molecule has 4 rings (SSSR count). The fourth-order valence-corrected chi connectivity index (χ4v) is 2.61. The van der Waals surface area contributed by atoms with Gasteiger partial charge in [-0.1, -0.05) is 12.1 Å². The van der Waals surface area contributed by atoms with Gasteiger partial charge in [0.1, 0.15) is 5.82 Å². The highest BCUT2D eigenvalue weighted by molar-refractivity contribution is 9.10. The lowest BCUT2D eigenvalue weighted by atomic mass is 10.2. The molecule has 1 aliphatic carbocycles. The van der Waals surface area contributed by atoms with Crippen LogP contribution in [-0.4, -0.2) is 21.1 Å². The van der Waals surface area contributed by atoms with E-state index in [2.05, 4.69) is 36.4 Å². The second-order valence-corrected chi connectivity index (χ2v) is 6.24. The Hall–Kier alpha value is -2.41. The zero-order chi connectivity index (χ0) is 15.8. The third-order valence-electron chi connectivity index (χ3n) is 3.64. The Morgan fingerprint density at radius 2 is 2.17 bits per heavy atom. The summed E-state index contributed by atoms with van der Waals surface area (Å²) in [6.07, 6.45) is 2.34. The van der Waals surface area contributed by atoms with Crippen molar-refractivity contribution in [1.82, 2.24) is 15.2 Å². The molecule has 7 heteroatoms. The van der Waals surface area contributed by atoms with Gasteiger partial charge in [0, 0.05) is 17.2 Å². The lowest BCUT2D eigenvalue weighted by Gasteiger charge is -2.04. The molecule has 116 valence electrons. The van der Waals surface area contributed by atoms with E-state index >= 15 is 0 Å². The van der Waals surface area contributed by atoms with Gasteiger partial charge in [-0.3, -0.25) is 9.89 Å². The Balaban J connectivity index is 1.54. The number of hydrogen-bond acceptors (Lipinski definition) is 4. The van der Waals surface area contributed by atoms with Crippen LogP contribution in [0.5, 0.6) is 0 Å². The Morgan fingerprint density at radius 3 is 2.91 bits per heavy atom. The van der Waals surface area contributed by atoms with E-state index in [-0.39, 0.29) is 11.7 Å². The van der Waals surface area contributed by atoms with Gasteiger partial charge in [0.05, 0.1) is 0 Å². The van der Waals surface area contributed by atoms with Crippen molar-refractivity contribution in [2.24, 2.45) is 0 Å². The molecule has 2 N–H and O–H groups in total. The van der Waals surface area contributed by atoms with Crippen molar-refractivity contribution in [3.63, 3.8) is 0 Å². The Bertz CT molecular complexity index is 866. The highest BCUT2D eigenvalue weighted by Crippen LogP contribution is 2.38. The molecule has 0 aliphatic heterocycles. The van der Waals surface area contributed by atoms with E-state index in [9.17, 15) is 4.79 Å². The minimum atomic E-state index is -0.304. The van der Waals surface area contributed by atoms with Crippen LogP contribution in [0, 0.1) is 0 Å². The maximum atomic E-state index is 12.1. The molecule has 0 bridgehead atoms. The maximum Gasteiger partial charge on any atom is 0.291 e. The van der Waals surface area contributed by atoms with Gasteiger partial charge in [-0.2, -0.15) is 5.10 Å². The molecule has 0 spiro atoms. The zero-order valence-electron chi connectivity index (χ0n) is 12.0. The van der Waals surface area contributed by atoms with Gasteiger partial charge >= 0.3 is 0 Å². The van der Waals surface area contributed by atoms with E-state index in [1.807, 2.05) is 24.3 Å². The number of nitrogens with zero attached hydrogens (tertiary/aromatic N) is 2. The molecule has 6 nitrogen and oxygen atoms in total. The first kappa shape index (κ1) is 14.2. The number of hydrogen-bond donors (Lipinski definition) is 2. The summed E-state index contributed by atoms with van der Waals surface area (Å²) >= 11 is 3.18. The molecule has 0 radical (unpaired) electrons. The van der Waals surface area contributed by atoms with Gasteiger partial charge in [-0.15, -0.1) is 0 Å². The predicted octanol–water partition coefficient (Wildman–Crippen LogP) is 3.96. The Kier molecular flexibility index (Phi) is 3.49. The van der Waals surface area contributed by atoms with E-state index in [1.54, 1.807) is 12.1 Å². The summed E-state index contributed by atoms with van der Waals surface area (Å²) in [7, 11) is 0. The monoisotopic (exact) mass is 372 g/mol. The molecule has 1 amide bonds. The molecular formula is C16H13BrN4O2. The van der Waals surface area contributed by atoms with Crippen LogP contribution < -0.4 is 5.32 Å². The first-order valence-corrected chi connectivity index (χ1v) is 8.08. The fourth-order valence-electron chi connectivity index (χ4n) is 2.31. The summed E-state index contributed by atoms with van der Waals surface area (Å²) < 4.78 is 5.76. The highest BCUT2D eigenvalue weighted by atomic mass is 79.9. The summed E-state index contributed by atoms with van der Waals surface area (Å²) in [5.74, 6) is 2.05. The van der Waals surface area contributed by atoms with Crippen LogP contribution in [0.15, 0.2) is 45.5 Å². The number of amides is 1. The van der Waals surface area contributed by atoms with Crippen molar-refractivity contribution in [1.29, 1.82) is 0 Å². The predicted molar refractivity (Wildman–Crippen MR) is 88.2 cm³/mol. The molecule has 3 aromatic rings. The minimum Gasteiger partial charge on any atom is -0.444 e. The van der Waals surface area contributed by atoms with Gasteiger partial charge in [0.2, 0.25) is 0 Å². The van der Waals surface area contributed by atoms with Gasteiger partial charge in [0.25, 0.3) is 5.91 Å². The molecule has 0 saturated heterocycles. The Morgan fingerprint density at radius 1 is 1.30 bits per heavy atom. The van der Waals surface area contributed by atoms with E-state index in [4.69, 9.17) is 4.42 Å². The summed E-state index contributed by atoms with van der Waals surface area (Å²) in [5, 5.41) is 10.0. The number of anilines is 1. The molecule has 1 aliphatic rings. The van der Waals surface area contributed by atoms with Crippen LogP contribution in [0.2, 0.25) is 0 Å². The van der Waals surface area contributed by atoms with Crippen LogP contribution in [0.3, 0.4) is 0 Å². The summed E-state index contributed by atoms with van der Waals surface area (Å²) in [6.45, 7) is 0. The topological polar surface area (TPSA) is 83.8 Å². The maximum absolute atomic E-state index is 12.1. The van der Waals surface area contributed by atoms with Gasteiger partial charge in [0.15, 0.2) is 16.3 Å². The number of rotatable bonds is 4. The van der Waals surface area contributed by atoms with Crippen LogP contribution in [-0.2, 0) is 0 Å². The third-order valence-corrected chi connectivity index (χ3v) is 4.07. The summed E-state index contributed by atoms with van der Waals surface area (Å²) in [5.41, 5.74) is 1.52. The number of halogens is 1. The lowest BCUT2D eigenvalue weighted by Crippen LogP contribution is -2.10. The quantitative estimate of drug-likeness (QED) is 0.725. The van der Waals surface area contributed by atoms with Crippen molar-refractivity contribution >= 4 is 27.5 Å². The fraction of sp³-hybridized carbons (Fsp3) is 0.188. The zero-order valence-corrected chi connectivity index (χ0v) is 13.6. The van der Waals surface area contributed by atoms with Crippen LogP contribution in [0.4, 0.5) is 5.69 Å². The van der Waals surface area contributed by atoms with Gasteiger partial charge < -0.3 is 9.73 Å². The van der Waals surface area contributed by atoms with E-state index < -0.39 is 0 Å². The second kappa shape index (κ2) is 5.66. The average Bonchev–Trinajstić information content (AvgIpc) is 3.11. The van der Waals surface area contributed by atoms with Crippen molar-refractivity contribution in [3.05, 3.63) is 52.7 Å². The molecule has 2 heterocycles. The highest BCUT2D eigenvalue weighted by Gasteiger charge is 2.27. The number of furan rings is 1. The SMILES string of the molecule is O=C(Nc1cccc(-c2n[nH]c(C3CC3)n2)c1)c1ccc(Br)o1. The number of H-pyrrole nitrogens is 1. The van der Waals surface area contributed by atoms with Crippen molar-refractivity contribution in [2.45, 2.75) is 18.8 Å². The van der Waals surface area contributed by atoms with Crippen molar-refractivity contribution < 1.29 is 9.21 Å². The van der Waals surface area contributed by atoms with Crippen molar-refractivity contribution in [3.8, 4) is 11.4 Å². The van der Waals surface area contributed by atoms with Gasteiger partial charge in [-0.25, -0.2) is 4.98 Å². The smallest absolute Gasteiger partial charge is 0.291 e. The molecule has 0 atom stereocenters. The summed E-state index contributed by atoms with van der Waals surface area (Å²) in [4.78, 5) is 16.6. The average molecular weight is 373 g/mol. The molecule has 1 fully saturated rings. The number of carbonyl (C=O) groups is 1. The number of benzene rings is 1. The molecule has 2 aromatic heterocycles. The van der Waals surface area contributed by atoms with E-state index in [1.165, 1.54) is 12.8 Å². The molecule has 1 aromatic carbocycles. The van der Waals surface area contributed by atoms with Crippen LogP contribution in [0.25, 0.3) is 11.4 Å². The number of nitrogens with one attached hydrogen (secondary N) is 2. The minimum absolute atomic E-state index is 0.246. The Labute approximate surface area is 140 Å². The second-order valence-electron chi connectivity index (χ2n) is 5.46. The summed E-state index contributed by atoms with van der Waals surface area (Å²) in [6, 6.07) is 10.7. The normalized spacial score (nSPS) is 14.0. The number of aromatic nitrogens is 3.